The van der Waals surface area contributed by atoms with Crippen LogP contribution >= 0.6 is 11.6 Å². The number of hydrogen-bond donors (Lipinski definition) is 1. The second kappa shape index (κ2) is 8.34. The number of piperazine rings is 1. The quantitative estimate of drug-likeness (QED) is 0.898. The lowest BCUT2D eigenvalue weighted by molar-refractivity contribution is -0.135. The van der Waals surface area contributed by atoms with E-state index < -0.39 is 0 Å². The van der Waals surface area contributed by atoms with E-state index in [9.17, 15) is 9.59 Å². The standard InChI is InChI=1S/C20H22ClN3O2/c1-23-11-12-24(18(14-23)15-7-3-2-4-8-15)19(25)13-22-20(26)16-9-5-6-10-17(16)21/h2-10,18H,11-14H2,1H3,(H,22,26)/t18-/m1/s1. The van der Waals surface area contributed by atoms with Crippen LogP contribution in [0.1, 0.15) is 22.0 Å². The molecule has 0 aromatic heterocycles. The van der Waals surface area contributed by atoms with E-state index in [0.29, 0.717) is 17.1 Å². The first-order valence-corrected chi connectivity index (χ1v) is 8.99. The van der Waals surface area contributed by atoms with Gasteiger partial charge in [-0.1, -0.05) is 54.1 Å². The molecule has 2 amide bonds. The van der Waals surface area contributed by atoms with Gasteiger partial charge in [-0.3, -0.25) is 9.59 Å². The summed E-state index contributed by atoms with van der Waals surface area (Å²) in [7, 11) is 2.05. The smallest absolute Gasteiger partial charge is 0.253 e. The number of nitrogens with zero attached hydrogens (tertiary/aromatic N) is 2. The normalized spacial score (nSPS) is 17.8. The minimum Gasteiger partial charge on any atom is -0.343 e. The van der Waals surface area contributed by atoms with E-state index in [4.69, 9.17) is 11.6 Å². The minimum atomic E-state index is -0.339. The molecule has 1 aliphatic heterocycles. The van der Waals surface area contributed by atoms with Crippen LogP contribution in [0.2, 0.25) is 5.02 Å². The molecule has 1 saturated heterocycles. The number of nitrogens with one attached hydrogen (secondary N) is 1. The van der Waals surface area contributed by atoms with Crippen LogP contribution in [0.3, 0.4) is 0 Å². The van der Waals surface area contributed by atoms with Gasteiger partial charge in [-0.25, -0.2) is 0 Å². The first-order valence-electron chi connectivity index (χ1n) is 8.62. The van der Waals surface area contributed by atoms with Crippen molar-refractivity contribution in [2.75, 3.05) is 33.2 Å². The van der Waals surface area contributed by atoms with E-state index in [1.54, 1.807) is 24.3 Å². The van der Waals surface area contributed by atoms with Gasteiger partial charge in [-0.15, -0.1) is 0 Å². The predicted molar refractivity (Wildman–Crippen MR) is 102 cm³/mol. The molecule has 1 heterocycles. The van der Waals surface area contributed by atoms with E-state index in [1.165, 1.54) is 0 Å². The topological polar surface area (TPSA) is 52.6 Å². The number of carbonyl (C=O) groups excluding carboxylic acids is 2. The number of benzene rings is 2. The highest BCUT2D eigenvalue weighted by atomic mass is 35.5. The maximum absolute atomic E-state index is 12.8. The number of likely N-dealkylation sites (N-methyl/N-ethyl adjacent to an activating group) is 1. The Bertz CT molecular complexity index is 782. The number of carbonyl (C=O) groups is 2. The van der Waals surface area contributed by atoms with Crippen LogP contribution in [0.25, 0.3) is 0 Å². The van der Waals surface area contributed by atoms with E-state index in [-0.39, 0.29) is 24.4 Å². The Morgan fingerprint density at radius 1 is 1.08 bits per heavy atom. The first-order chi connectivity index (χ1) is 12.6. The first kappa shape index (κ1) is 18.4. The molecule has 0 unspecified atom stereocenters. The summed E-state index contributed by atoms with van der Waals surface area (Å²) in [5, 5.41) is 3.07. The van der Waals surface area contributed by atoms with Crippen molar-refractivity contribution in [3.8, 4) is 0 Å². The number of amides is 2. The third-order valence-electron chi connectivity index (χ3n) is 4.61. The Labute approximate surface area is 158 Å². The molecule has 0 bridgehead atoms. The van der Waals surface area contributed by atoms with Crippen molar-refractivity contribution in [1.29, 1.82) is 0 Å². The summed E-state index contributed by atoms with van der Waals surface area (Å²) in [6, 6.07) is 16.8. The van der Waals surface area contributed by atoms with Gasteiger partial charge in [-0.2, -0.15) is 0 Å². The number of halogens is 1. The predicted octanol–water partition coefficient (Wildman–Crippen LogP) is 2.59. The summed E-state index contributed by atoms with van der Waals surface area (Å²) in [4.78, 5) is 29.1. The molecule has 6 heteroatoms. The van der Waals surface area contributed by atoms with Crippen LogP contribution in [0.5, 0.6) is 0 Å². The van der Waals surface area contributed by atoms with Gasteiger partial charge in [0, 0.05) is 19.6 Å². The van der Waals surface area contributed by atoms with Gasteiger partial charge in [0.1, 0.15) is 0 Å². The summed E-state index contributed by atoms with van der Waals surface area (Å²) in [5.74, 6) is -0.429. The zero-order chi connectivity index (χ0) is 18.5. The molecule has 0 spiro atoms. The fourth-order valence-corrected chi connectivity index (χ4v) is 3.40. The van der Waals surface area contributed by atoms with E-state index in [0.717, 1.165) is 18.7 Å². The van der Waals surface area contributed by atoms with Crippen LogP contribution < -0.4 is 5.32 Å². The summed E-state index contributed by atoms with van der Waals surface area (Å²) >= 11 is 6.04. The van der Waals surface area contributed by atoms with Gasteiger partial charge < -0.3 is 15.1 Å². The molecule has 1 atom stereocenters. The minimum absolute atomic E-state index is 0.0142. The van der Waals surface area contributed by atoms with Crippen LogP contribution in [-0.2, 0) is 4.79 Å². The van der Waals surface area contributed by atoms with Gasteiger partial charge in [0.05, 0.1) is 23.2 Å². The molecule has 136 valence electrons. The Morgan fingerprint density at radius 2 is 1.77 bits per heavy atom. The van der Waals surface area contributed by atoms with Crippen LogP contribution in [-0.4, -0.2) is 54.8 Å². The molecule has 1 aliphatic rings. The lowest BCUT2D eigenvalue weighted by Gasteiger charge is -2.40. The summed E-state index contributed by atoms with van der Waals surface area (Å²) < 4.78 is 0. The molecule has 0 saturated carbocycles. The van der Waals surface area contributed by atoms with E-state index in [2.05, 4.69) is 17.3 Å². The highest BCUT2D eigenvalue weighted by molar-refractivity contribution is 6.33. The van der Waals surface area contributed by atoms with Gasteiger partial charge in [0.2, 0.25) is 5.91 Å². The van der Waals surface area contributed by atoms with Gasteiger partial charge in [-0.05, 0) is 24.7 Å². The second-order valence-electron chi connectivity index (χ2n) is 6.44. The van der Waals surface area contributed by atoms with Crippen molar-refractivity contribution in [3.63, 3.8) is 0 Å². The zero-order valence-corrected chi connectivity index (χ0v) is 15.4. The average molecular weight is 372 g/mol. The molecule has 0 aliphatic carbocycles. The lowest BCUT2D eigenvalue weighted by Crippen LogP contribution is -2.51. The van der Waals surface area contributed by atoms with Crippen molar-refractivity contribution in [3.05, 3.63) is 70.7 Å². The highest BCUT2D eigenvalue weighted by Crippen LogP contribution is 2.24. The molecule has 26 heavy (non-hydrogen) atoms. The molecule has 2 aromatic rings. The van der Waals surface area contributed by atoms with Crippen molar-refractivity contribution >= 4 is 23.4 Å². The SMILES string of the molecule is CN1CCN(C(=O)CNC(=O)c2ccccc2Cl)[C@@H](c2ccccc2)C1. The largest absolute Gasteiger partial charge is 0.343 e. The van der Waals surface area contributed by atoms with Crippen molar-refractivity contribution in [2.45, 2.75) is 6.04 Å². The zero-order valence-electron chi connectivity index (χ0n) is 14.7. The van der Waals surface area contributed by atoms with Gasteiger partial charge >= 0.3 is 0 Å². The molecule has 5 nitrogen and oxygen atoms in total. The fraction of sp³-hybridized carbons (Fsp3) is 0.300. The molecular formula is C20H22ClN3O2. The summed E-state index contributed by atoms with van der Waals surface area (Å²) in [6.07, 6.45) is 0. The Hall–Kier alpha value is -2.37. The Balaban J connectivity index is 1.67. The third kappa shape index (κ3) is 4.23. The fourth-order valence-electron chi connectivity index (χ4n) is 3.18. The molecular weight excluding hydrogens is 350 g/mol. The molecule has 2 aromatic carbocycles. The van der Waals surface area contributed by atoms with Crippen molar-refractivity contribution in [1.82, 2.24) is 15.1 Å². The van der Waals surface area contributed by atoms with E-state index in [1.807, 2.05) is 35.2 Å². The molecule has 1 N–H and O–H groups in total. The van der Waals surface area contributed by atoms with Gasteiger partial charge in [0.25, 0.3) is 5.91 Å². The number of rotatable bonds is 4. The average Bonchev–Trinajstić information content (AvgIpc) is 2.67. The van der Waals surface area contributed by atoms with Crippen LogP contribution in [0.4, 0.5) is 0 Å². The molecule has 0 radical (unpaired) electrons. The van der Waals surface area contributed by atoms with Gasteiger partial charge in [0.15, 0.2) is 0 Å². The summed E-state index contributed by atoms with van der Waals surface area (Å²) in [5.41, 5.74) is 1.48. The van der Waals surface area contributed by atoms with E-state index >= 15 is 0 Å². The summed E-state index contributed by atoms with van der Waals surface area (Å²) in [6.45, 7) is 2.18. The Morgan fingerprint density at radius 3 is 2.50 bits per heavy atom. The Kier molecular flexibility index (Phi) is 5.91. The third-order valence-corrected chi connectivity index (χ3v) is 4.94. The van der Waals surface area contributed by atoms with Crippen LogP contribution in [0.15, 0.2) is 54.6 Å². The van der Waals surface area contributed by atoms with Crippen molar-refractivity contribution in [2.24, 2.45) is 0 Å². The maximum Gasteiger partial charge on any atom is 0.253 e. The maximum atomic E-state index is 12.8. The number of hydrogen-bond acceptors (Lipinski definition) is 3. The lowest BCUT2D eigenvalue weighted by atomic mass is 10.0. The second-order valence-corrected chi connectivity index (χ2v) is 6.85. The molecule has 1 fully saturated rings. The van der Waals surface area contributed by atoms with Crippen molar-refractivity contribution < 1.29 is 9.59 Å². The van der Waals surface area contributed by atoms with Crippen LogP contribution in [0, 0.1) is 0 Å². The monoisotopic (exact) mass is 371 g/mol. The highest BCUT2D eigenvalue weighted by Gasteiger charge is 2.30. The molecule has 3 rings (SSSR count).